The van der Waals surface area contributed by atoms with Crippen LogP contribution in [0.2, 0.25) is 0 Å². The van der Waals surface area contributed by atoms with Gasteiger partial charge in [-0.3, -0.25) is 4.79 Å². The van der Waals surface area contributed by atoms with Crippen molar-refractivity contribution in [3.05, 3.63) is 29.3 Å². The Morgan fingerprint density at radius 2 is 1.86 bits per heavy atom. The molecule has 0 unspecified atom stereocenters. The molecule has 1 aromatic carbocycles. The van der Waals surface area contributed by atoms with Gasteiger partial charge in [0.1, 0.15) is 6.54 Å². The predicted molar refractivity (Wildman–Crippen MR) is 83.8 cm³/mol. The first-order chi connectivity index (χ1) is 9.73. The van der Waals surface area contributed by atoms with Gasteiger partial charge in [-0.25, -0.2) is 4.79 Å². The van der Waals surface area contributed by atoms with E-state index in [2.05, 4.69) is 19.2 Å². The lowest BCUT2D eigenvalue weighted by Gasteiger charge is -2.26. The Balaban J connectivity index is 3.04. The van der Waals surface area contributed by atoms with Crippen molar-refractivity contribution in [2.75, 3.05) is 11.9 Å². The number of para-hydroxylation sites is 1. The van der Waals surface area contributed by atoms with E-state index in [1.165, 1.54) is 4.90 Å². The molecule has 0 aliphatic rings. The molecule has 5 heteroatoms. The van der Waals surface area contributed by atoms with Crippen LogP contribution in [-0.2, 0) is 4.79 Å². The summed E-state index contributed by atoms with van der Waals surface area (Å²) < 4.78 is 0. The van der Waals surface area contributed by atoms with Crippen LogP contribution in [0.15, 0.2) is 18.2 Å². The van der Waals surface area contributed by atoms with Gasteiger partial charge >= 0.3 is 12.0 Å². The monoisotopic (exact) mass is 292 g/mol. The summed E-state index contributed by atoms with van der Waals surface area (Å²) >= 11 is 0. The number of urea groups is 1. The lowest BCUT2D eigenvalue weighted by molar-refractivity contribution is -0.137. The van der Waals surface area contributed by atoms with Gasteiger partial charge in [-0.05, 0) is 37.8 Å². The van der Waals surface area contributed by atoms with E-state index in [1.54, 1.807) is 13.8 Å². The Morgan fingerprint density at radius 1 is 1.24 bits per heavy atom. The van der Waals surface area contributed by atoms with Crippen molar-refractivity contribution in [1.29, 1.82) is 0 Å². The van der Waals surface area contributed by atoms with Gasteiger partial charge in [0.2, 0.25) is 0 Å². The Bertz CT molecular complexity index is 524. The highest BCUT2D eigenvalue weighted by atomic mass is 16.4. The molecule has 0 spiro atoms. The zero-order chi connectivity index (χ0) is 16.2. The first-order valence-corrected chi connectivity index (χ1v) is 7.13. The Kier molecular flexibility index (Phi) is 5.76. The summed E-state index contributed by atoms with van der Waals surface area (Å²) in [5, 5.41) is 11.8. The molecule has 1 rings (SSSR count). The van der Waals surface area contributed by atoms with E-state index in [9.17, 15) is 9.59 Å². The second-order valence-electron chi connectivity index (χ2n) is 5.74. The van der Waals surface area contributed by atoms with Crippen molar-refractivity contribution in [2.24, 2.45) is 0 Å². The topological polar surface area (TPSA) is 69.6 Å². The average Bonchev–Trinajstić information content (AvgIpc) is 2.37. The molecule has 116 valence electrons. The van der Waals surface area contributed by atoms with E-state index in [0.29, 0.717) is 0 Å². The number of carboxylic acids is 1. The maximum atomic E-state index is 12.4. The minimum absolute atomic E-state index is 0.187. The summed E-state index contributed by atoms with van der Waals surface area (Å²) in [5.41, 5.74) is 2.78. The summed E-state index contributed by atoms with van der Waals surface area (Å²) in [6, 6.07) is 5.29. The zero-order valence-corrected chi connectivity index (χ0v) is 13.3. The predicted octanol–water partition coefficient (Wildman–Crippen LogP) is 3.45. The number of hydrogen-bond donors (Lipinski definition) is 2. The normalized spacial score (nSPS) is 10.8. The van der Waals surface area contributed by atoms with Crippen LogP contribution >= 0.6 is 0 Å². The number of aryl methyl sites for hydroxylation is 1. The maximum Gasteiger partial charge on any atom is 0.323 e. The molecule has 0 heterocycles. The summed E-state index contributed by atoms with van der Waals surface area (Å²) in [6.45, 7) is 9.32. The Morgan fingerprint density at radius 3 is 2.33 bits per heavy atom. The second kappa shape index (κ2) is 7.11. The fraction of sp³-hybridized carbons (Fsp3) is 0.500. The largest absolute Gasteiger partial charge is 0.480 e. The lowest BCUT2D eigenvalue weighted by atomic mass is 9.98. The van der Waals surface area contributed by atoms with Crippen LogP contribution in [0.4, 0.5) is 10.5 Å². The number of aliphatic carboxylic acids is 1. The third-order valence-electron chi connectivity index (χ3n) is 3.35. The van der Waals surface area contributed by atoms with Crippen LogP contribution in [-0.4, -0.2) is 34.6 Å². The maximum absolute atomic E-state index is 12.4. The fourth-order valence-electron chi connectivity index (χ4n) is 2.16. The third kappa shape index (κ3) is 4.48. The van der Waals surface area contributed by atoms with E-state index in [0.717, 1.165) is 16.8 Å². The number of amides is 2. The number of nitrogens with one attached hydrogen (secondary N) is 1. The van der Waals surface area contributed by atoms with Crippen LogP contribution < -0.4 is 5.32 Å². The third-order valence-corrected chi connectivity index (χ3v) is 3.35. The molecule has 0 fully saturated rings. The molecule has 21 heavy (non-hydrogen) atoms. The van der Waals surface area contributed by atoms with Crippen molar-refractivity contribution < 1.29 is 14.7 Å². The SMILES string of the molecule is Cc1cccc(C(C)C)c1NC(=O)N(CC(=O)O)C(C)C. The molecule has 0 saturated carbocycles. The fourth-order valence-corrected chi connectivity index (χ4v) is 2.16. The highest BCUT2D eigenvalue weighted by molar-refractivity contribution is 5.93. The van der Waals surface area contributed by atoms with E-state index in [-0.39, 0.29) is 24.5 Å². The van der Waals surface area contributed by atoms with Gasteiger partial charge in [-0.1, -0.05) is 32.0 Å². The van der Waals surface area contributed by atoms with Crippen molar-refractivity contribution >= 4 is 17.7 Å². The minimum atomic E-state index is -1.02. The molecular weight excluding hydrogens is 268 g/mol. The number of nitrogens with zero attached hydrogens (tertiary/aromatic N) is 1. The van der Waals surface area contributed by atoms with Gasteiger partial charge in [-0.2, -0.15) is 0 Å². The molecular formula is C16H24N2O3. The van der Waals surface area contributed by atoms with E-state index < -0.39 is 5.97 Å². The molecule has 5 nitrogen and oxygen atoms in total. The minimum Gasteiger partial charge on any atom is -0.480 e. The van der Waals surface area contributed by atoms with Crippen molar-refractivity contribution in [1.82, 2.24) is 4.90 Å². The van der Waals surface area contributed by atoms with Crippen molar-refractivity contribution in [3.63, 3.8) is 0 Å². The standard InChI is InChI=1S/C16H24N2O3/c1-10(2)13-8-6-7-12(5)15(13)17-16(21)18(11(3)4)9-14(19)20/h6-8,10-11H,9H2,1-5H3,(H,17,21)(H,19,20). The lowest BCUT2D eigenvalue weighted by Crippen LogP contribution is -2.43. The molecule has 0 atom stereocenters. The summed E-state index contributed by atoms with van der Waals surface area (Å²) in [7, 11) is 0. The van der Waals surface area contributed by atoms with Crippen LogP contribution in [0.25, 0.3) is 0 Å². The summed E-state index contributed by atoms with van der Waals surface area (Å²) in [5.74, 6) is -0.750. The number of carboxylic acid groups (broad SMARTS) is 1. The molecule has 0 saturated heterocycles. The molecule has 2 amide bonds. The number of anilines is 1. The van der Waals surface area contributed by atoms with Gasteiger partial charge < -0.3 is 15.3 Å². The molecule has 2 N–H and O–H groups in total. The van der Waals surface area contributed by atoms with Crippen molar-refractivity contribution in [2.45, 2.75) is 46.6 Å². The summed E-state index contributed by atoms with van der Waals surface area (Å²) in [6.07, 6.45) is 0. The Hall–Kier alpha value is -2.04. The number of carbonyl (C=O) groups is 2. The molecule has 0 bridgehead atoms. The number of benzene rings is 1. The zero-order valence-electron chi connectivity index (χ0n) is 13.3. The van der Waals surface area contributed by atoms with E-state index >= 15 is 0 Å². The van der Waals surface area contributed by atoms with E-state index in [1.807, 2.05) is 25.1 Å². The highest BCUT2D eigenvalue weighted by Crippen LogP contribution is 2.27. The van der Waals surface area contributed by atoms with Gasteiger partial charge in [0.15, 0.2) is 0 Å². The van der Waals surface area contributed by atoms with Crippen LogP contribution in [0, 0.1) is 6.92 Å². The average molecular weight is 292 g/mol. The van der Waals surface area contributed by atoms with Crippen LogP contribution in [0.3, 0.4) is 0 Å². The van der Waals surface area contributed by atoms with Crippen LogP contribution in [0.5, 0.6) is 0 Å². The Labute approximate surface area is 126 Å². The number of rotatable bonds is 5. The van der Waals surface area contributed by atoms with Gasteiger partial charge in [0.25, 0.3) is 0 Å². The van der Waals surface area contributed by atoms with Crippen LogP contribution in [0.1, 0.15) is 44.7 Å². The van der Waals surface area contributed by atoms with Gasteiger partial charge in [0, 0.05) is 11.7 Å². The van der Waals surface area contributed by atoms with Gasteiger partial charge in [-0.15, -0.1) is 0 Å². The number of hydrogen-bond acceptors (Lipinski definition) is 2. The summed E-state index contributed by atoms with van der Waals surface area (Å²) in [4.78, 5) is 24.6. The highest BCUT2D eigenvalue weighted by Gasteiger charge is 2.21. The van der Waals surface area contributed by atoms with Gasteiger partial charge in [0.05, 0.1) is 0 Å². The molecule has 1 aromatic rings. The number of carbonyl (C=O) groups excluding carboxylic acids is 1. The smallest absolute Gasteiger partial charge is 0.323 e. The quantitative estimate of drug-likeness (QED) is 0.873. The van der Waals surface area contributed by atoms with E-state index in [4.69, 9.17) is 5.11 Å². The molecule has 0 radical (unpaired) electrons. The molecule has 0 aromatic heterocycles. The second-order valence-corrected chi connectivity index (χ2v) is 5.74. The first kappa shape index (κ1) is 17.0. The molecule has 0 aliphatic carbocycles. The molecule has 0 aliphatic heterocycles. The first-order valence-electron chi connectivity index (χ1n) is 7.13. The van der Waals surface area contributed by atoms with Crippen molar-refractivity contribution in [3.8, 4) is 0 Å².